The molecule has 1 aliphatic heterocycles. The van der Waals surface area contributed by atoms with Gasteiger partial charge in [-0.1, -0.05) is 0 Å². The molecule has 1 aromatic rings. The SMILES string of the molecule is COCC1CCN(Cc2ncc(C)c(N)c2C)C1. The lowest BCUT2D eigenvalue weighted by atomic mass is 10.1. The van der Waals surface area contributed by atoms with Crippen molar-refractivity contribution >= 4 is 5.69 Å². The van der Waals surface area contributed by atoms with Crippen LogP contribution >= 0.6 is 0 Å². The molecule has 0 spiro atoms. The molecule has 100 valence electrons. The van der Waals surface area contributed by atoms with Gasteiger partial charge in [-0.25, -0.2) is 0 Å². The Morgan fingerprint density at radius 2 is 2.28 bits per heavy atom. The second kappa shape index (κ2) is 5.67. The van der Waals surface area contributed by atoms with Gasteiger partial charge >= 0.3 is 0 Å². The molecule has 1 atom stereocenters. The van der Waals surface area contributed by atoms with E-state index in [0.717, 1.165) is 48.7 Å². The van der Waals surface area contributed by atoms with E-state index in [-0.39, 0.29) is 0 Å². The summed E-state index contributed by atoms with van der Waals surface area (Å²) in [5, 5.41) is 0. The monoisotopic (exact) mass is 249 g/mol. The quantitative estimate of drug-likeness (QED) is 0.883. The largest absolute Gasteiger partial charge is 0.398 e. The fourth-order valence-corrected chi connectivity index (χ4v) is 2.59. The van der Waals surface area contributed by atoms with Crippen LogP contribution in [0.3, 0.4) is 0 Å². The number of hydrogen-bond donors (Lipinski definition) is 1. The number of likely N-dealkylation sites (tertiary alicyclic amines) is 1. The van der Waals surface area contributed by atoms with E-state index in [9.17, 15) is 0 Å². The molecule has 2 N–H and O–H groups in total. The van der Waals surface area contributed by atoms with Gasteiger partial charge in [-0.05, 0) is 43.9 Å². The van der Waals surface area contributed by atoms with Crippen LogP contribution in [0.25, 0.3) is 0 Å². The topological polar surface area (TPSA) is 51.4 Å². The third-order valence-electron chi connectivity index (χ3n) is 3.82. The van der Waals surface area contributed by atoms with Crippen LogP contribution in [-0.2, 0) is 11.3 Å². The minimum absolute atomic E-state index is 0.665. The van der Waals surface area contributed by atoms with Crippen molar-refractivity contribution < 1.29 is 4.74 Å². The standard InChI is InChI=1S/C14H23N3O/c1-10-6-16-13(11(2)14(10)15)8-17-5-4-12(7-17)9-18-3/h6,12H,4-5,7-9H2,1-3H3,(H2,15,16). The first kappa shape index (κ1) is 13.3. The van der Waals surface area contributed by atoms with Crippen molar-refractivity contribution in [2.24, 2.45) is 5.92 Å². The number of nitrogen functional groups attached to an aromatic ring is 1. The van der Waals surface area contributed by atoms with Crippen molar-refractivity contribution in [3.63, 3.8) is 0 Å². The molecular weight excluding hydrogens is 226 g/mol. The van der Waals surface area contributed by atoms with Crippen LogP contribution in [0.5, 0.6) is 0 Å². The van der Waals surface area contributed by atoms with Crippen molar-refractivity contribution in [2.45, 2.75) is 26.8 Å². The number of ether oxygens (including phenoxy) is 1. The molecule has 1 fully saturated rings. The molecule has 0 radical (unpaired) electrons. The van der Waals surface area contributed by atoms with E-state index in [0.29, 0.717) is 5.92 Å². The molecule has 1 saturated heterocycles. The molecule has 2 rings (SSSR count). The second-order valence-electron chi connectivity index (χ2n) is 5.27. The van der Waals surface area contributed by atoms with E-state index in [2.05, 4.69) is 16.8 Å². The van der Waals surface area contributed by atoms with Gasteiger partial charge in [0.1, 0.15) is 0 Å². The van der Waals surface area contributed by atoms with E-state index < -0.39 is 0 Å². The number of aryl methyl sites for hydroxylation is 1. The van der Waals surface area contributed by atoms with Crippen molar-refractivity contribution in [3.8, 4) is 0 Å². The van der Waals surface area contributed by atoms with Crippen molar-refractivity contribution in [1.82, 2.24) is 9.88 Å². The van der Waals surface area contributed by atoms with Crippen LogP contribution in [0.2, 0.25) is 0 Å². The summed E-state index contributed by atoms with van der Waals surface area (Å²) in [7, 11) is 1.77. The third kappa shape index (κ3) is 2.82. The molecule has 4 nitrogen and oxygen atoms in total. The summed E-state index contributed by atoms with van der Waals surface area (Å²) in [6, 6.07) is 0. The molecule has 0 aliphatic carbocycles. The Labute approximate surface area is 109 Å². The summed E-state index contributed by atoms with van der Waals surface area (Å²) in [6.07, 6.45) is 3.09. The average Bonchev–Trinajstić information content (AvgIpc) is 2.78. The van der Waals surface area contributed by atoms with Crippen molar-refractivity contribution in [2.75, 3.05) is 32.5 Å². The fraction of sp³-hybridized carbons (Fsp3) is 0.643. The molecule has 1 aromatic heterocycles. The van der Waals surface area contributed by atoms with Gasteiger partial charge in [0.25, 0.3) is 0 Å². The Bertz CT molecular complexity index is 420. The van der Waals surface area contributed by atoms with Gasteiger partial charge < -0.3 is 10.5 Å². The number of pyridine rings is 1. The molecule has 0 bridgehead atoms. The summed E-state index contributed by atoms with van der Waals surface area (Å²) >= 11 is 0. The minimum Gasteiger partial charge on any atom is -0.398 e. The zero-order valence-electron chi connectivity index (χ0n) is 11.6. The number of anilines is 1. The fourth-order valence-electron chi connectivity index (χ4n) is 2.59. The Kier molecular flexibility index (Phi) is 4.19. The molecule has 4 heteroatoms. The van der Waals surface area contributed by atoms with Gasteiger partial charge in [-0.15, -0.1) is 0 Å². The highest BCUT2D eigenvalue weighted by Gasteiger charge is 2.23. The number of aromatic nitrogens is 1. The number of hydrogen-bond acceptors (Lipinski definition) is 4. The van der Waals surface area contributed by atoms with Crippen LogP contribution in [-0.4, -0.2) is 36.7 Å². The normalized spacial score (nSPS) is 20.5. The minimum atomic E-state index is 0.665. The maximum Gasteiger partial charge on any atom is 0.0593 e. The number of nitrogens with zero attached hydrogens (tertiary/aromatic N) is 2. The Hall–Kier alpha value is -1.13. The summed E-state index contributed by atoms with van der Waals surface area (Å²) in [5.74, 6) is 0.665. The van der Waals surface area contributed by atoms with E-state index >= 15 is 0 Å². The van der Waals surface area contributed by atoms with Crippen molar-refractivity contribution in [3.05, 3.63) is 23.0 Å². The number of rotatable bonds is 4. The zero-order chi connectivity index (χ0) is 13.1. The zero-order valence-corrected chi connectivity index (χ0v) is 11.6. The predicted octanol–water partition coefficient (Wildman–Crippen LogP) is 1.75. The molecular formula is C14H23N3O. The van der Waals surface area contributed by atoms with Crippen LogP contribution in [0.1, 0.15) is 23.2 Å². The lowest BCUT2D eigenvalue weighted by Gasteiger charge is -2.18. The lowest BCUT2D eigenvalue weighted by molar-refractivity contribution is 0.152. The van der Waals surface area contributed by atoms with E-state index in [4.69, 9.17) is 10.5 Å². The van der Waals surface area contributed by atoms with E-state index in [1.54, 1.807) is 7.11 Å². The predicted molar refractivity (Wildman–Crippen MR) is 73.4 cm³/mol. The molecule has 1 aliphatic rings. The lowest BCUT2D eigenvalue weighted by Crippen LogP contribution is -2.22. The Balaban J connectivity index is 2.01. The maximum absolute atomic E-state index is 6.05. The summed E-state index contributed by atoms with van der Waals surface area (Å²) in [4.78, 5) is 6.96. The van der Waals surface area contributed by atoms with Gasteiger partial charge in [0.05, 0.1) is 12.3 Å². The molecule has 18 heavy (non-hydrogen) atoms. The second-order valence-corrected chi connectivity index (χ2v) is 5.27. The molecule has 1 unspecified atom stereocenters. The summed E-state index contributed by atoms with van der Waals surface area (Å²) in [6.45, 7) is 8.05. The van der Waals surface area contributed by atoms with Crippen LogP contribution in [0.4, 0.5) is 5.69 Å². The molecule has 0 saturated carbocycles. The first-order valence-corrected chi connectivity index (χ1v) is 6.53. The molecule has 2 heterocycles. The van der Waals surface area contributed by atoms with Gasteiger partial charge in [-0.2, -0.15) is 0 Å². The van der Waals surface area contributed by atoms with E-state index in [1.807, 2.05) is 13.1 Å². The molecule has 0 aromatic carbocycles. The number of methoxy groups -OCH3 is 1. The van der Waals surface area contributed by atoms with Gasteiger partial charge in [-0.3, -0.25) is 9.88 Å². The van der Waals surface area contributed by atoms with Gasteiger partial charge in [0, 0.05) is 32.1 Å². The van der Waals surface area contributed by atoms with E-state index in [1.165, 1.54) is 6.42 Å². The third-order valence-corrected chi connectivity index (χ3v) is 3.82. The first-order chi connectivity index (χ1) is 8.61. The smallest absolute Gasteiger partial charge is 0.0593 e. The Morgan fingerprint density at radius 1 is 1.50 bits per heavy atom. The summed E-state index contributed by atoms with van der Waals surface area (Å²) in [5.41, 5.74) is 10.2. The Morgan fingerprint density at radius 3 is 3.00 bits per heavy atom. The van der Waals surface area contributed by atoms with Crippen LogP contribution < -0.4 is 5.73 Å². The highest BCUT2D eigenvalue weighted by molar-refractivity contribution is 5.53. The first-order valence-electron chi connectivity index (χ1n) is 6.53. The number of nitrogens with two attached hydrogens (primary N) is 1. The van der Waals surface area contributed by atoms with Crippen LogP contribution in [0, 0.1) is 19.8 Å². The van der Waals surface area contributed by atoms with Crippen molar-refractivity contribution in [1.29, 1.82) is 0 Å². The highest BCUT2D eigenvalue weighted by atomic mass is 16.5. The molecule has 0 amide bonds. The van der Waals surface area contributed by atoms with Gasteiger partial charge in [0.2, 0.25) is 0 Å². The maximum atomic E-state index is 6.05. The van der Waals surface area contributed by atoms with Crippen LogP contribution in [0.15, 0.2) is 6.20 Å². The summed E-state index contributed by atoms with van der Waals surface area (Å²) < 4.78 is 5.22. The van der Waals surface area contributed by atoms with Gasteiger partial charge in [0.15, 0.2) is 0 Å². The average molecular weight is 249 g/mol. The highest BCUT2D eigenvalue weighted by Crippen LogP contribution is 2.22.